The molecule has 0 aliphatic carbocycles. The third kappa shape index (κ3) is 4.42. The lowest BCUT2D eigenvalue weighted by molar-refractivity contribution is -0.128. The van der Waals surface area contributed by atoms with Crippen molar-refractivity contribution in [2.75, 3.05) is 14.2 Å². The van der Waals surface area contributed by atoms with Crippen molar-refractivity contribution in [1.29, 1.82) is 0 Å². The fourth-order valence-corrected chi connectivity index (χ4v) is 2.43. The highest BCUT2D eigenvalue weighted by Crippen LogP contribution is 2.32. The van der Waals surface area contributed by atoms with Gasteiger partial charge in [0, 0.05) is 5.92 Å². The van der Waals surface area contributed by atoms with Crippen LogP contribution >= 0.6 is 0 Å². The number of terminal acetylenes is 1. The van der Waals surface area contributed by atoms with Crippen LogP contribution < -0.4 is 14.2 Å². The second-order valence-electron chi connectivity index (χ2n) is 5.47. The first-order valence-corrected chi connectivity index (χ1v) is 7.68. The number of hydrogen-bond acceptors (Lipinski definition) is 4. The summed E-state index contributed by atoms with van der Waals surface area (Å²) in [5, 5.41) is 0. The minimum absolute atomic E-state index is 0.452. The maximum Gasteiger partial charge on any atom is 0.389 e. The van der Waals surface area contributed by atoms with Gasteiger partial charge in [-0.1, -0.05) is 24.3 Å². The topological polar surface area (TPSA) is 44.8 Å². The minimum Gasteiger partial charge on any atom is -0.493 e. The smallest absolute Gasteiger partial charge is 0.389 e. The molecule has 128 valence electrons. The van der Waals surface area contributed by atoms with E-state index in [1.807, 2.05) is 56.2 Å². The van der Waals surface area contributed by atoms with Crippen LogP contribution in [0.15, 0.2) is 30.3 Å². The molecule has 0 bridgehead atoms. The van der Waals surface area contributed by atoms with Crippen molar-refractivity contribution in [3.8, 4) is 29.6 Å². The molecule has 0 radical (unpaired) electrons. The SMILES string of the molecule is C#CC(=O)Oc1cc(/C=C\c2cc(C)c(OC)c(OC)c2)ccc1C. The molecule has 0 heterocycles. The van der Waals surface area contributed by atoms with Crippen molar-refractivity contribution in [1.82, 2.24) is 0 Å². The number of esters is 1. The van der Waals surface area contributed by atoms with Gasteiger partial charge in [-0.25, -0.2) is 4.79 Å². The van der Waals surface area contributed by atoms with Crippen LogP contribution in [0.4, 0.5) is 0 Å². The molecular formula is C21H20O4. The van der Waals surface area contributed by atoms with Gasteiger partial charge in [-0.2, -0.15) is 0 Å². The first kappa shape index (κ1) is 18.2. The van der Waals surface area contributed by atoms with Gasteiger partial charge in [0.05, 0.1) is 14.2 Å². The van der Waals surface area contributed by atoms with E-state index in [1.165, 1.54) is 0 Å². The van der Waals surface area contributed by atoms with E-state index in [4.69, 9.17) is 20.6 Å². The second kappa shape index (κ2) is 8.07. The Morgan fingerprint density at radius 1 is 0.960 bits per heavy atom. The summed E-state index contributed by atoms with van der Waals surface area (Å²) in [5.41, 5.74) is 3.67. The maximum atomic E-state index is 11.3. The highest BCUT2D eigenvalue weighted by molar-refractivity contribution is 5.89. The van der Waals surface area contributed by atoms with Crippen LogP contribution in [0.3, 0.4) is 0 Å². The Labute approximate surface area is 148 Å². The number of hydrogen-bond donors (Lipinski definition) is 0. The molecule has 0 N–H and O–H groups in total. The van der Waals surface area contributed by atoms with Crippen LogP contribution in [0.2, 0.25) is 0 Å². The third-order valence-electron chi connectivity index (χ3n) is 3.69. The van der Waals surface area contributed by atoms with Crippen molar-refractivity contribution in [3.05, 3.63) is 52.6 Å². The molecule has 0 aliphatic heterocycles. The molecule has 2 aromatic carbocycles. The Hall–Kier alpha value is -3.19. The lowest BCUT2D eigenvalue weighted by atomic mass is 10.1. The van der Waals surface area contributed by atoms with Gasteiger partial charge in [-0.05, 0) is 54.3 Å². The van der Waals surface area contributed by atoms with Gasteiger partial charge >= 0.3 is 5.97 Å². The highest BCUT2D eigenvalue weighted by Gasteiger charge is 2.08. The lowest BCUT2D eigenvalue weighted by Crippen LogP contribution is -2.05. The molecule has 2 aromatic rings. The molecule has 2 rings (SSSR count). The van der Waals surface area contributed by atoms with Gasteiger partial charge in [0.1, 0.15) is 5.75 Å². The zero-order chi connectivity index (χ0) is 18.4. The quantitative estimate of drug-likeness (QED) is 0.272. The van der Waals surface area contributed by atoms with Gasteiger partial charge < -0.3 is 14.2 Å². The van der Waals surface area contributed by atoms with Crippen molar-refractivity contribution in [3.63, 3.8) is 0 Å². The Morgan fingerprint density at radius 3 is 2.28 bits per heavy atom. The van der Waals surface area contributed by atoms with Crippen LogP contribution in [-0.4, -0.2) is 20.2 Å². The van der Waals surface area contributed by atoms with Gasteiger partial charge in [0.15, 0.2) is 11.5 Å². The van der Waals surface area contributed by atoms with Crippen LogP contribution in [0.5, 0.6) is 17.2 Å². The van der Waals surface area contributed by atoms with Crippen LogP contribution in [0.25, 0.3) is 12.2 Å². The van der Waals surface area contributed by atoms with Crippen molar-refractivity contribution in [2.45, 2.75) is 13.8 Å². The number of aryl methyl sites for hydroxylation is 2. The second-order valence-corrected chi connectivity index (χ2v) is 5.47. The summed E-state index contributed by atoms with van der Waals surface area (Å²) in [6, 6.07) is 9.49. The molecule has 0 unspecified atom stereocenters. The summed E-state index contributed by atoms with van der Waals surface area (Å²) in [4.78, 5) is 11.3. The minimum atomic E-state index is -0.709. The molecule has 0 saturated heterocycles. The standard InChI is InChI=1S/C21H20O4/c1-6-20(22)25-18-12-16(8-7-14(18)2)9-10-17-11-15(3)21(24-5)19(13-17)23-4/h1,7-13H,2-5H3/b10-9-. The molecular weight excluding hydrogens is 316 g/mol. The Bertz CT molecular complexity index is 857. The summed E-state index contributed by atoms with van der Waals surface area (Å²) >= 11 is 0. The number of benzene rings is 2. The van der Waals surface area contributed by atoms with E-state index in [-0.39, 0.29) is 0 Å². The number of carbonyl (C=O) groups excluding carboxylic acids is 1. The number of ether oxygens (including phenoxy) is 3. The van der Waals surface area contributed by atoms with Gasteiger partial charge in [-0.15, -0.1) is 6.42 Å². The Kier molecular flexibility index (Phi) is 5.86. The summed E-state index contributed by atoms with van der Waals surface area (Å²) in [6.07, 6.45) is 8.92. The molecule has 4 heteroatoms. The van der Waals surface area contributed by atoms with Gasteiger partial charge in [0.2, 0.25) is 0 Å². The third-order valence-corrected chi connectivity index (χ3v) is 3.69. The number of rotatable bonds is 5. The Balaban J connectivity index is 2.31. The molecule has 0 amide bonds. The number of methoxy groups -OCH3 is 2. The maximum absolute atomic E-state index is 11.3. The van der Waals surface area contributed by atoms with Gasteiger partial charge in [0.25, 0.3) is 0 Å². The number of carbonyl (C=O) groups is 1. The van der Waals surface area contributed by atoms with Crippen molar-refractivity contribution in [2.24, 2.45) is 0 Å². The average Bonchev–Trinajstić information content (AvgIpc) is 2.61. The lowest BCUT2D eigenvalue weighted by Gasteiger charge is -2.11. The molecule has 0 spiro atoms. The van der Waals surface area contributed by atoms with Crippen LogP contribution in [0.1, 0.15) is 22.3 Å². The summed E-state index contributed by atoms with van der Waals surface area (Å²) in [6.45, 7) is 3.81. The predicted octanol–water partition coefficient (Wildman–Crippen LogP) is 4.03. The summed E-state index contributed by atoms with van der Waals surface area (Å²) in [5.74, 6) is 3.08. The van der Waals surface area contributed by atoms with E-state index >= 15 is 0 Å². The van der Waals surface area contributed by atoms with E-state index < -0.39 is 5.97 Å². The highest BCUT2D eigenvalue weighted by atomic mass is 16.5. The van der Waals surface area contributed by atoms with E-state index in [1.54, 1.807) is 20.3 Å². The monoisotopic (exact) mass is 336 g/mol. The van der Waals surface area contributed by atoms with E-state index in [2.05, 4.69) is 0 Å². The predicted molar refractivity (Wildman–Crippen MR) is 98.9 cm³/mol. The molecule has 0 fully saturated rings. The molecule has 4 nitrogen and oxygen atoms in total. The van der Waals surface area contributed by atoms with Crippen LogP contribution in [0, 0.1) is 26.2 Å². The molecule has 0 atom stereocenters. The Morgan fingerprint density at radius 2 is 1.64 bits per heavy atom. The molecule has 0 aliphatic rings. The molecule has 25 heavy (non-hydrogen) atoms. The summed E-state index contributed by atoms with van der Waals surface area (Å²) < 4.78 is 15.8. The zero-order valence-electron chi connectivity index (χ0n) is 14.8. The fourth-order valence-electron chi connectivity index (χ4n) is 2.43. The molecule has 0 saturated carbocycles. The van der Waals surface area contributed by atoms with Crippen molar-refractivity contribution < 1.29 is 19.0 Å². The normalized spacial score (nSPS) is 10.4. The van der Waals surface area contributed by atoms with E-state index in [0.717, 1.165) is 28.0 Å². The van der Waals surface area contributed by atoms with Crippen molar-refractivity contribution >= 4 is 18.1 Å². The largest absolute Gasteiger partial charge is 0.493 e. The average molecular weight is 336 g/mol. The summed E-state index contributed by atoms with van der Waals surface area (Å²) in [7, 11) is 3.22. The zero-order valence-corrected chi connectivity index (χ0v) is 14.8. The fraction of sp³-hybridized carbons (Fsp3) is 0.190. The first-order chi connectivity index (χ1) is 12.0. The first-order valence-electron chi connectivity index (χ1n) is 7.68. The van der Waals surface area contributed by atoms with E-state index in [0.29, 0.717) is 11.5 Å². The van der Waals surface area contributed by atoms with E-state index in [9.17, 15) is 4.79 Å². The van der Waals surface area contributed by atoms with Crippen LogP contribution in [-0.2, 0) is 4.79 Å². The molecule has 0 aromatic heterocycles. The van der Waals surface area contributed by atoms with Gasteiger partial charge in [-0.3, -0.25) is 0 Å².